The Balaban J connectivity index is 1.67. The van der Waals surface area contributed by atoms with Crippen LogP contribution in [0.4, 0.5) is 0 Å². The van der Waals surface area contributed by atoms with Crippen molar-refractivity contribution >= 4 is 11.6 Å². The third-order valence-corrected chi connectivity index (χ3v) is 3.47. The lowest BCUT2D eigenvalue weighted by molar-refractivity contribution is 0.0950. The lowest BCUT2D eigenvalue weighted by Crippen LogP contribution is -2.22. The Morgan fingerprint density at radius 1 is 1.19 bits per heavy atom. The van der Waals surface area contributed by atoms with Gasteiger partial charge in [0.15, 0.2) is 0 Å². The zero-order chi connectivity index (χ0) is 14.7. The zero-order valence-corrected chi connectivity index (χ0v) is 11.9. The summed E-state index contributed by atoms with van der Waals surface area (Å²) in [4.78, 5) is 16.5. The summed E-state index contributed by atoms with van der Waals surface area (Å²) in [5.74, 6) is -0.0743. The van der Waals surface area contributed by atoms with Gasteiger partial charge < -0.3 is 9.72 Å². The van der Waals surface area contributed by atoms with E-state index >= 15 is 0 Å². The largest absolute Gasteiger partial charge is 0.346 e. The van der Waals surface area contributed by atoms with Crippen LogP contribution in [-0.2, 0) is 13.0 Å². The first-order valence-electron chi connectivity index (χ1n) is 7.06. The van der Waals surface area contributed by atoms with Gasteiger partial charge >= 0.3 is 0 Å². The third-order valence-electron chi connectivity index (χ3n) is 3.47. The molecule has 2 aromatic heterocycles. The molecule has 0 spiro atoms. The van der Waals surface area contributed by atoms with Crippen LogP contribution >= 0.6 is 0 Å². The highest BCUT2D eigenvalue weighted by molar-refractivity contribution is 5.94. The molecule has 106 valence electrons. The summed E-state index contributed by atoms with van der Waals surface area (Å²) in [7, 11) is 0. The molecule has 0 atom stereocenters. The standard InChI is InChI=1S/C17H17N3O/c1-2-13-6-8-14(9-7-13)17(21)18-11-15-12-20-10-4-3-5-16(20)19-15/h3-10,12H,2,11H2,1H3,(H,18,21). The Bertz CT molecular complexity index is 726. The second-order valence-corrected chi connectivity index (χ2v) is 4.93. The van der Waals surface area contributed by atoms with Crippen LogP contribution in [-0.4, -0.2) is 15.3 Å². The highest BCUT2D eigenvalue weighted by Crippen LogP contribution is 2.07. The second-order valence-electron chi connectivity index (χ2n) is 4.93. The molecule has 0 bridgehead atoms. The number of hydrogen-bond acceptors (Lipinski definition) is 2. The van der Waals surface area contributed by atoms with Crippen molar-refractivity contribution in [3.8, 4) is 0 Å². The van der Waals surface area contributed by atoms with Gasteiger partial charge in [0.1, 0.15) is 5.65 Å². The molecule has 1 N–H and O–H groups in total. The van der Waals surface area contributed by atoms with Gasteiger partial charge in [0.25, 0.3) is 5.91 Å². The SMILES string of the molecule is CCc1ccc(C(=O)NCc2cn3ccccc3n2)cc1. The van der Waals surface area contributed by atoms with E-state index in [0.717, 1.165) is 17.8 Å². The molecule has 1 amide bonds. The molecule has 3 rings (SSSR count). The molecule has 0 aliphatic rings. The maximum Gasteiger partial charge on any atom is 0.251 e. The molecular formula is C17H17N3O. The average molecular weight is 279 g/mol. The van der Waals surface area contributed by atoms with E-state index in [-0.39, 0.29) is 5.91 Å². The van der Waals surface area contributed by atoms with Gasteiger partial charge in [0.05, 0.1) is 12.2 Å². The van der Waals surface area contributed by atoms with Crippen molar-refractivity contribution < 1.29 is 4.79 Å². The number of nitrogens with one attached hydrogen (secondary N) is 1. The molecule has 0 aliphatic carbocycles. The number of imidazole rings is 1. The predicted octanol–water partition coefficient (Wildman–Crippen LogP) is 2.83. The number of amides is 1. The maximum atomic E-state index is 12.1. The molecule has 0 saturated carbocycles. The Hall–Kier alpha value is -2.62. The minimum absolute atomic E-state index is 0.0743. The van der Waals surface area contributed by atoms with Crippen molar-refractivity contribution in [2.45, 2.75) is 19.9 Å². The number of benzene rings is 1. The number of carbonyl (C=O) groups excluding carboxylic acids is 1. The van der Waals surface area contributed by atoms with Gasteiger partial charge in [0.2, 0.25) is 0 Å². The van der Waals surface area contributed by atoms with Crippen LogP contribution < -0.4 is 5.32 Å². The summed E-state index contributed by atoms with van der Waals surface area (Å²) < 4.78 is 1.94. The smallest absolute Gasteiger partial charge is 0.251 e. The number of aromatic nitrogens is 2. The monoisotopic (exact) mass is 279 g/mol. The van der Waals surface area contributed by atoms with E-state index in [1.807, 2.05) is 59.3 Å². The predicted molar refractivity (Wildman–Crippen MR) is 82.2 cm³/mol. The van der Waals surface area contributed by atoms with Gasteiger partial charge in [-0.2, -0.15) is 0 Å². The fourth-order valence-electron chi connectivity index (χ4n) is 2.24. The van der Waals surface area contributed by atoms with Gasteiger partial charge in [0, 0.05) is 18.0 Å². The first kappa shape index (κ1) is 13.4. The molecule has 21 heavy (non-hydrogen) atoms. The zero-order valence-electron chi connectivity index (χ0n) is 11.9. The normalized spacial score (nSPS) is 10.7. The van der Waals surface area contributed by atoms with Crippen molar-refractivity contribution in [1.82, 2.24) is 14.7 Å². The quantitative estimate of drug-likeness (QED) is 0.798. The Morgan fingerprint density at radius 2 is 2.00 bits per heavy atom. The minimum atomic E-state index is -0.0743. The number of hydrogen-bond donors (Lipinski definition) is 1. The van der Waals surface area contributed by atoms with Gasteiger partial charge in [-0.25, -0.2) is 4.98 Å². The maximum absolute atomic E-state index is 12.1. The van der Waals surface area contributed by atoms with E-state index < -0.39 is 0 Å². The molecule has 4 heteroatoms. The van der Waals surface area contributed by atoms with E-state index in [0.29, 0.717) is 12.1 Å². The molecule has 0 unspecified atom stereocenters. The van der Waals surface area contributed by atoms with Gasteiger partial charge in [-0.3, -0.25) is 4.79 Å². The summed E-state index contributed by atoms with van der Waals surface area (Å²) >= 11 is 0. The molecule has 0 fully saturated rings. The summed E-state index contributed by atoms with van der Waals surface area (Å²) in [5.41, 5.74) is 3.64. The molecule has 2 heterocycles. The summed E-state index contributed by atoms with van der Waals surface area (Å²) in [6.07, 6.45) is 4.84. The van der Waals surface area contributed by atoms with Crippen LogP contribution in [0.5, 0.6) is 0 Å². The van der Waals surface area contributed by atoms with E-state index in [2.05, 4.69) is 17.2 Å². The summed E-state index contributed by atoms with van der Waals surface area (Å²) in [6, 6.07) is 13.5. The Morgan fingerprint density at radius 3 is 2.71 bits per heavy atom. The molecule has 0 radical (unpaired) electrons. The van der Waals surface area contributed by atoms with Crippen molar-refractivity contribution in [1.29, 1.82) is 0 Å². The summed E-state index contributed by atoms with van der Waals surface area (Å²) in [5, 5.41) is 2.90. The average Bonchev–Trinajstić information content (AvgIpc) is 2.95. The second kappa shape index (κ2) is 5.79. The molecular weight excluding hydrogens is 262 g/mol. The number of aryl methyl sites for hydroxylation is 1. The fourth-order valence-corrected chi connectivity index (χ4v) is 2.24. The van der Waals surface area contributed by atoms with E-state index in [9.17, 15) is 4.79 Å². The number of rotatable bonds is 4. The Kier molecular flexibility index (Phi) is 3.69. The number of carbonyl (C=O) groups is 1. The molecule has 0 aliphatic heterocycles. The van der Waals surface area contributed by atoms with Crippen LogP contribution in [0.3, 0.4) is 0 Å². The van der Waals surface area contributed by atoms with Crippen molar-refractivity contribution in [3.63, 3.8) is 0 Å². The van der Waals surface area contributed by atoms with Gasteiger partial charge in [-0.05, 0) is 36.2 Å². The summed E-state index contributed by atoms with van der Waals surface area (Å²) in [6.45, 7) is 2.52. The molecule has 1 aromatic carbocycles. The number of fused-ring (bicyclic) bond motifs is 1. The van der Waals surface area contributed by atoms with Crippen LogP contribution in [0.1, 0.15) is 28.5 Å². The number of nitrogens with zero attached hydrogens (tertiary/aromatic N) is 2. The van der Waals surface area contributed by atoms with Crippen LogP contribution in [0, 0.1) is 0 Å². The fraction of sp³-hybridized carbons (Fsp3) is 0.176. The Labute approximate surface area is 123 Å². The van der Waals surface area contributed by atoms with Crippen molar-refractivity contribution in [2.75, 3.05) is 0 Å². The number of pyridine rings is 1. The first-order chi connectivity index (χ1) is 10.3. The van der Waals surface area contributed by atoms with Crippen LogP contribution in [0.2, 0.25) is 0 Å². The van der Waals surface area contributed by atoms with Gasteiger partial charge in [-0.15, -0.1) is 0 Å². The highest BCUT2D eigenvalue weighted by Gasteiger charge is 2.06. The lowest BCUT2D eigenvalue weighted by Gasteiger charge is -2.04. The highest BCUT2D eigenvalue weighted by atomic mass is 16.1. The van der Waals surface area contributed by atoms with Crippen LogP contribution in [0.25, 0.3) is 5.65 Å². The lowest BCUT2D eigenvalue weighted by atomic mass is 10.1. The molecule has 0 saturated heterocycles. The third kappa shape index (κ3) is 2.94. The van der Waals surface area contributed by atoms with Crippen molar-refractivity contribution in [2.24, 2.45) is 0 Å². The van der Waals surface area contributed by atoms with Crippen LogP contribution in [0.15, 0.2) is 54.9 Å². The van der Waals surface area contributed by atoms with E-state index in [4.69, 9.17) is 0 Å². The minimum Gasteiger partial charge on any atom is -0.346 e. The first-order valence-corrected chi connectivity index (χ1v) is 7.06. The topological polar surface area (TPSA) is 46.4 Å². The van der Waals surface area contributed by atoms with E-state index in [1.165, 1.54) is 5.56 Å². The molecule has 3 aromatic rings. The van der Waals surface area contributed by atoms with Crippen molar-refractivity contribution in [3.05, 3.63) is 71.7 Å². The molecule has 4 nitrogen and oxygen atoms in total. The van der Waals surface area contributed by atoms with Gasteiger partial charge in [-0.1, -0.05) is 25.1 Å². The van der Waals surface area contributed by atoms with E-state index in [1.54, 1.807) is 0 Å².